The first-order valence-electron chi connectivity index (χ1n) is 9.59. The van der Waals surface area contributed by atoms with E-state index in [0.29, 0.717) is 25.1 Å². The molecule has 3 amide bonds. The number of aliphatic hydroxyl groups is 1. The lowest BCUT2D eigenvalue weighted by molar-refractivity contribution is -0.127. The Morgan fingerprint density at radius 3 is 2.64 bits per heavy atom. The third-order valence-corrected chi connectivity index (χ3v) is 4.76. The van der Waals surface area contributed by atoms with Crippen LogP contribution in [0.1, 0.15) is 26.7 Å². The molecule has 0 radical (unpaired) electrons. The van der Waals surface area contributed by atoms with Gasteiger partial charge in [-0.1, -0.05) is 50.2 Å². The number of hydrogen-bond donors (Lipinski definition) is 4. The van der Waals surface area contributed by atoms with Gasteiger partial charge in [-0.25, -0.2) is 4.79 Å². The minimum absolute atomic E-state index is 0.207. The van der Waals surface area contributed by atoms with Gasteiger partial charge in [-0.15, -0.1) is 0 Å². The van der Waals surface area contributed by atoms with Gasteiger partial charge in [0, 0.05) is 5.39 Å². The summed E-state index contributed by atoms with van der Waals surface area (Å²) in [6, 6.07) is 11.8. The number of amides is 3. The van der Waals surface area contributed by atoms with Crippen LogP contribution in [-0.2, 0) is 9.53 Å². The predicted molar refractivity (Wildman–Crippen MR) is 108 cm³/mol. The van der Waals surface area contributed by atoms with E-state index in [1.807, 2.05) is 56.3 Å². The van der Waals surface area contributed by atoms with Crippen LogP contribution in [0.2, 0.25) is 0 Å². The molecule has 28 heavy (non-hydrogen) atoms. The molecule has 1 unspecified atom stereocenters. The van der Waals surface area contributed by atoms with Crippen LogP contribution in [0.3, 0.4) is 0 Å². The van der Waals surface area contributed by atoms with E-state index < -0.39 is 24.4 Å². The summed E-state index contributed by atoms with van der Waals surface area (Å²) in [7, 11) is 0. The lowest BCUT2D eigenvalue weighted by Gasteiger charge is -2.23. The van der Waals surface area contributed by atoms with Gasteiger partial charge in [0.1, 0.15) is 6.04 Å². The van der Waals surface area contributed by atoms with E-state index in [-0.39, 0.29) is 11.8 Å². The number of benzene rings is 2. The summed E-state index contributed by atoms with van der Waals surface area (Å²) in [6.07, 6.45) is 0.0234. The molecule has 7 heteroatoms. The first-order chi connectivity index (χ1) is 13.4. The average molecular weight is 385 g/mol. The van der Waals surface area contributed by atoms with Crippen LogP contribution in [0.4, 0.5) is 10.5 Å². The fourth-order valence-electron chi connectivity index (χ4n) is 3.36. The maximum Gasteiger partial charge on any atom is 0.319 e. The highest BCUT2D eigenvalue weighted by Gasteiger charge is 2.31. The molecule has 150 valence electrons. The predicted octanol–water partition coefficient (Wildman–Crippen LogP) is 2.60. The molecule has 1 saturated heterocycles. The first kappa shape index (κ1) is 20.1. The molecule has 4 N–H and O–H groups in total. The Labute approximate surface area is 164 Å². The molecule has 2 aromatic rings. The van der Waals surface area contributed by atoms with Crippen molar-refractivity contribution in [1.29, 1.82) is 0 Å². The molecular weight excluding hydrogens is 358 g/mol. The molecule has 3 rings (SSSR count). The van der Waals surface area contributed by atoms with Gasteiger partial charge in [-0.2, -0.15) is 0 Å². The maximum absolute atomic E-state index is 12.7. The molecule has 0 aromatic heterocycles. The molecule has 1 aliphatic rings. The Bertz CT molecular complexity index is 834. The van der Waals surface area contributed by atoms with Gasteiger partial charge >= 0.3 is 6.03 Å². The van der Waals surface area contributed by atoms with Crippen LogP contribution in [0.5, 0.6) is 0 Å². The van der Waals surface area contributed by atoms with Gasteiger partial charge in [0.25, 0.3) is 0 Å². The van der Waals surface area contributed by atoms with Crippen molar-refractivity contribution < 1.29 is 19.4 Å². The molecule has 0 bridgehead atoms. The molecule has 0 aliphatic carbocycles. The van der Waals surface area contributed by atoms with Crippen LogP contribution in [0.25, 0.3) is 10.8 Å². The molecule has 1 fully saturated rings. The molecule has 2 aromatic carbocycles. The quantitative estimate of drug-likeness (QED) is 0.614. The fraction of sp³-hybridized carbons (Fsp3) is 0.429. The lowest BCUT2D eigenvalue weighted by atomic mass is 10.0. The van der Waals surface area contributed by atoms with E-state index in [9.17, 15) is 14.7 Å². The number of nitrogens with one attached hydrogen (secondary N) is 3. The van der Waals surface area contributed by atoms with Gasteiger partial charge < -0.3 is 25.8 Å². The highest BCUT2D eigenvalue weighted by atomic mass is 16.6. The number of anilines is 1. The third kappa shape index (κ3) is 4.99. The van der Waals surface area contributed by atoms with Gasteiger partial charge in [0.15, 0.2) is 6.29 Å². The molecule has 1 heterocycles. The summed E-state index contributed by atoms with van der Waals surface area (Å²) in [5.74, 6) is -0.116. The Hall–Kier alpha value is -2.64. The second kappa shape index (κ2) is 9.03. The monoisotopic (exact) mass is 385 g/mol. The number of aliphatic hydroxyl groups excluding tert-OH is 1. The SMILES string of the molecule is CC(C)C[C@H](NC(=O)Nc1cccc2ccccc12)C(=O)N[C@H]1CCOC1O. The second-order valence-electron chi connectivity index (χ2n) is 7.47. The lowest BCUT2D eigenvalue weighted by Crippen LogP contribution is -2.52. The summed E-state index contributed by atoms with van der Waals surface area (Å²) in [6.45, 7) is 4.37. The summed E-state index contributed by atoms with van der Waals surface area (Å²) in [4.78, 5) is 25.2. The number of carbonyl (C=O) groups excluding carboxylic acids is 2. The van der Waals surface area contributed by atoms with Crippen molar-refractivity contribution in [3.63, 3.8) is 0 Å². The van der Waals surface area contributed by atoms with Crippen LogP contribution in [0, 0.1) is 5.92 Å². The van der Waals surface area contributed by atoms with E-state index in [1.165, 1.54) is 0 Å². The molecule has 1 aliphatic heterocycles. The summed E-state index contributed by atoms with van der Waals surface area (Å²) >= 11 is 0. The summed E-state index contributed by atoms with van der Waals surface area (Å²) in [5.41, 5.74) is 0.680. The number of ether oxygens (including phenoxy) is 1. The van der Waals surface area contributed by atoms with E-state index in [2.05, 4.69) is 16.0 Å². The van der Waals surface area contributed by atoms with Crippen LogP contribution in [0.15, 0.2) is 42.5 Å². The Balaban J connectivity index is 1.67. The molecule has 7 nitrogen and oxygen atoms in total. The zero-order chi connectivity index (χ0) is 20.1. The zero-order valence-electron chi connectivity index (χ0n) is 16.1. The Kier molecular flexibility index (Phi) is 6.49. The Morgan fingerprint density at radius 2 is 1.93 bits per heavy atom. The number of urea groups is 1. The van der Waals surface area contributed by atoms with Gasteiger partial charge in [-0.05, 0) is 30.2 Å². The minimum atomic E-state index is -1.01. The highest BCUT2D eigenvalue weighted by molar-refractivity contribution is 6.02. The van der Waals surface area contributed by atoms with Crippen molar-refractivity contribution in [2.45, 2.75) is 45.1 Å². The maximum atomic E-state index is 12.7. The number of fused-ring (bicyclic) bond motifs is 1. The largest absolute Gasteiger partial charge is 0.366 e. The zero-order valence-corrected chi connectivity index (χ0v) is 16.1. The molecule has 3 atom stereocenters. The molecular formula is C21H27N3O4. The van der Waals surface area contributed by atoms with E-state index in [0.717, 1.165) is 10.8 Å². The topological polar surface area (TPSA) is 99.7 Å². The van der Waals surface area contributed by atoms with Crippen LogP contribution >= 0.6 is 0 Å². The van der Waals surface area contributed by atoms with Crippen molar-refractivity contribution in [3.05, 3.63) is 42.5 Å². The smallest absolute Gasteiger partial charge is 0.319 e. The highest BCUT2D eigenvalue weighted by Crippen LogP contribution is 2.23. The summed E-state index contributed by atoms with van der Waals surface area (Å²) < 4.78 is 5.07. The van der Waals surface area contributed by atoms with Gasteiger partial charge in [0.2, 0.25) is 5.91 Å². The van der Waals surface area contributed by atoms with Gasteiger partial charge in [0.05, 0.1) is 18.3 Å². The van der Waals surface area contributed by atoms with Crippen LogP contribution in [-0.4, -0.2) is 42.0 Å². The van der Waals surface area contributed by atoms with E-state index in [1.54, 1.807) is 0 Å². The first-order valence-corrected chi connectivity index (χ1v) is 9.59. The van der Waals surface area contributed by atoms with Crippen molar-refractivity contribution in [1.82, 2.24) is 10.6 Å². The molecule has 0 spiro atoms. The molecule has 0 saturated carbocycles. The van der Waals surface area contributed by atoms with E-state index >= 15 is 0 Å². The number of rotatable bonds is 6. The number of hydrogen-bond acceptors (Lipinski definition) is 4. The normalized spacial score (nSPS) is 20.1. The average Bonchev–Trinajstić information content (AvgIpc) is 3.05. The fourth-order valence-corrected chi connectivity index (χ4v) is 3.36. The van der Waals surface area contributed by atoms with Crippen molar-refractivity contribution >= 4 is 28.4 Å². The van der Waals surface area contributed by atoms with Gasteiger partial charge in [-0.3, -0.25) is 4.79 Å². The minimum Gasteiger partial charge on any atom is -0.366 e. The van der Waals surface area contributed by atoms with Crippen molar-refractivity contribution in [2.24, 2.45) is 5.92 Å². The second-order valence-corrected chi connectivity index (χ2v) is 7.47. The van der Waals surface area contributed by atoms with Crippen molar-refractivity contribution in [3.8, 4) is 0 Å². The standard InChI is InChI=1S/C21H27N3O4/c1-13(2)12-18(19(25)22-17-10-11-28-20(17)26)24-21(27)23-16-9-5-7-14-6-3-4-8-15(14)16/h3-9,13,17-18,20,26H,10-12H2,1-2H3,(H,22,25)(H2,23,24,27)/t17-,18-,20?/m0/s1. The van der Waals surface area contributed by atoms with Crippen LogP contribution < -0.4 is 16.0 Å². The van der Waals surface area contributed by atoms with E-state index in [4.69, 9.17) is 4.74 Å². The summed E-state index contributed by atoms with van der Waals surface area (Å²) in [5, 5.41) is 20.1. The van der Waals surface area contributed by atoms with Crippen molar-refractivity contribution in [2.75, 3.05) is 11.9 Å². The number of carbonyl (C=O) groups is 2. The third-order valence-electron chi connectivity index (χ3n) is 4.76. The Morgan fingerprint density at radius 1 is 1.18 bits per heavy atom.